The van der Waals surface area contributed by atoms with Gasteiger partial charge in [-0.1, -0.05) is 110 Å². The summed E-state index contributed by atoms with van der Waals surface area (Å²) < 4.78 is 6.92. The second-order valence-electron chi connectivity index (χ2n) is 7.82. The molecule has 0 saturated heterocycles. The molecule has 0 atom stereocenters. The monoisotopic (exact) mass is 490 g/mol. The molecule has 3 rings (SSSR count). The van der Waals surface area contributed by atoms with Crippen molar-refractivity contribution in [3.63, 3.8) is 0 Å². The average molecular weight is 492 g/mol. The Kier molecular flexibility index (Phi) is 9.49. The maximum atomic E-state index is 6.92. The molecular weight excluding hydrogens is 463 g/mol. The van der Waals surface area contributed by atoms with Crippen LogP contribution in [0.1, 0.15) is 45.4 Å². The van der Waals surface area contributed by atoms with Gasteiger partial charge >= 0.3 is 0 Å². The Labute approximate surface area is 202 Å². The van der Waals surface area contributed by atoms with Gasteiger partial charge in [0.05, 0.1) is 0 Å². The lowest BCUT2D eigenvalue weighted by atomic mass is 10.1. The predicted octanol–water partition coefficient (Wildman–Crippen LogP) is 6.99. The summed E-state index contributed by atoms with van der Waals surface area (Å²) in [6, 6.07) is 24.2. The van der Waals surface area contributed by atoms with E-state index in [2.05, 4.69) is 43.3 Å². The van der Waals surface area contributed by atoms with Crippen LogP contribution in [0.25, 0.3) is 0 Å². The first-order valence-corrected chi connectivity index (χ1v) is 14.0. The summed E-state index contributed by atoms with van der Waals surface area (Å²) in [5.74, 6) is 0. The molecule has 0 aliphatic carbocycles. The third kappa shape index (κ3) is 6.37. The van der Waals surface area contributed by atoms with Gasteiger partial charge in [-0.15, -0.1) is 0 Å². The van der Waals surface area contributed by atoms with Crippen LogP contribution in [-0.2, 0) is 4.43 Å². The van der Waals surface area contributed by atoms with Gasteiger partial charge in [0.1, 0.15) is 0 Å². The Balaban J connectivity index is 1.99. The van der Waals surface area contributed by atoms with E-state index in [1.54, 1.807) is 0 Å². The average Bonchev–Trinajstić information content (AvgIpc) is 2.78. The first-order chi connectivity index (χ1) is 15.1. The molecule has 0 fully saturated rings. The van der Waals surface area contributed by atoms with E-state index in [0.29, 0.717) is 6.61 Å². The van der Waals surface area contributed by atoms with Crippen molar-refractivity contribution >= 4 is 58.7 Å². The maximum absolute atomic E-state index is 6.92. The Hall–Kier alpha value is -1.29. The van der Waals surface area contributed by atoms with Crippen molar-refractivity contribution in [1.82, 2.24) is 0 Å². The normalized spacial score (nSPS) is 11.6. The standard InChI is InChI=1S/C26H29Cl3OSi/c1-2-3-4-5-6-7-20-30-31(24-14-8-21(27)9-15-24,25-16-10-22(28)11-17-25)26-18-12-23(29)13-19-26/h8-19H,2-7,20H2,1H3. The fraction of sp³-hybridized carbons (Fsp3) is 0.308. The highest BCUT2D eigenvalue weighted by Crippen LogP contribution is 2.17. The van der Waals surface area contributed by atoms with Crippen LogP contribution in [0.2, 0.25) is 15.1 Å². The second-order valence-corrected chi connectivity index (χ2v) is 12.5. The van der Waals surface area contributed by atoms with E-state index in [0.717, 1.165) is 37.0 Å². The minimum absolute atomic E-state index is 0.715. The Morgan fingerprint density at radius 1 is 0.548 bits per heavy atom. The van der Waals surface area contributed by atoms with Crippen LogP contribution in [0.5, 0.6) is 0 Å². The molecular formula is C26H29Cl3OSi. The first kappa shape index (κ1) is 24.4. The molecule has 0 aliphatic rings. The lowest BCUT2D eigenvalue weighted by Gasteiger charge is -2.33. The van der Waals surface area contributed by atoms with E-state index < -0.39 is 8.32 Å². The number of hydrogen-bond acceptors (Lipinski definition) is 1. The van der Waals surface area contributed by atoms with Gasteiger partial charge in [-0.05, 0) is 58.4 Å². The Morgan fingerprint density at radius 2 is 0.903 bits per heavy atom. The highest BCUT2D eigenvalue weighted by molar-refractivity contribution is 7.07. The zero-order valence-corrected chi connectivity index (χ0v) is 21.2. The fourth-order valence-electron chi connectivity index (χ4n) is 3.91. The van der Waals surface area contributed by atoms with Crippen LogP contribution in [0.15, 0.2) is 72.8 Å². The van der Waals surface area contributed by atoms with Crippen LogP contribution in [-0.4, -0.2) is 14.9 Å². The summed E-state index contributed by atoms with van der Waals surface area (Å²) in [5, 5.41) is 5.63. The largest absolute Gasteiger partial charge is 0.404 e. The van der Waals surface area contributed by atoms with E-state index >= 15 is 0 Å². The SMILES string of the molecule is CCCCCCCCO[Si](c1ccc(Cl)cc1)(c1ccc(Cl)cc1)c1ccc(Cl)cc1. The zero-order valence-electron chi connectivity index (χ0n) is 17.9. The number of unbranched alkanes of at least 4 members (excludes halogenated alkanes) is 5. The topological polar surface area (TPSA) is 9.23 Å². The molecule has 0 radical (unpaired) electrons. The molecule has 5 heteroatoms. The third-order valence-electron chi connectivity index (χ3n) is 5.57. The molecule has 0 bridgehead atoms. The minimum Gasteiger partial charge on any atom is -0.404 e. The summed E-state index contributed by atoms with van der Waals surface area (Å²) in [6.45, 7) is 2.96. The molecule has 0 N–H and O–H groups in total. The molecule has 0 aromatic heterocycles. The second kappa shape index (κ2) is 12.1. The number of rotatable bonds is 11. The summed E-state index contributed by atoms with van der Waals surface area (Å²) in [7, 11) is -2.74. The van der Waals surface area contributed by atoms with E-state index in [9.17, 15) is 0 Å². The van der Waals surface area contributed by atoms with Gasteiger partial charge in [-0.2, -0.15) is 0 Å². The van der Waals surface area contributed by atoms with Crippen LogP contribution in [0.4, 0.5) is 0 Å². The lowest BCUT2D eigenvalue weighted by molar-refractivity contribution is 0.309. The van der Waals surface area contributed by atoms with Crippen molar-refractivity contribution < 1.29 is 4.43 Å². The molecule has 3 aromatic carbocycles. The molecule has 3 aromatic rings. The maximum Gasteiger partial charge on any atom is 0.288 e. The summed E-state index contributed by atoms with van der Waals surface area (Å²) in [4.78, 5) is 0. The Morgan fingerprint density at radius 3 is 1.29 bits per heavy atom. The quantitative estimate of drug-likeness (QED) is 0.159. The van der Waals surface area contributed by atoms with Gasteiger partial charge in [0.15, 0.2) is 0 Å². The van der Waals surface area contributed by atoms with Crippen LogP contribution in [0.3, 0.4) is 0 Å². The lowest BCUT2D eigenvalue weighted by Crippen LogP contribution is -2.69. The van der Waals surface area contributed by atoms with E-state index in [4.69, 9.17) is 39.2 Å². The van der Waals surface area contributed by atoms with Gasteiger partial charge in [-0.25, -0.2) is 0 Å². The van der Waals surface area contributed by atoms with Gasteiger partial charge in [0.2, 0.25) is 0 Å². The number of hydrogen-bond donors (Lipinski definition) is 0. The van der Waals surface area contributed by atoms with Gasteiger partial charge in [-0.3, -0.25) is 0 Å². The van der Waals surface area contributed by atoms with Crippen molar-refractivity contribution in [2.45, 2.75) is 45.4 Å². The van der Waals surface area contributed by atoms with Gasteiger partial charge in [0, 0.05) is 21.7 Å². The highest BCUT2D eigenvalue weighted by atomic mass is 35.5. The van der Waals surface area contributed by atoms with Gasteiger partial charge < -0.3 is 4.43 Å². The molecule has 1 nitrogen and oxygen atoms in total. The zero-order chi connectivity index (χ0) is 22.1. The van der Waals surface area contributed by atoms with Crippen molar-refractivity contribution in [3.05, 3.63) is 87.9 Å². The third-order valence-corrected chi connectivity index (χ3v) is 10.4. The summed E-state index contributed by atoms with van der Waals surface area (Å²) >= 11 is 18.7. The fourth-order valence-corrected chi connectivity index (χ4v) is 8.15. The first-order valence-electron chi connectivity index (χ1n) is 11.0. The van der Waals surface area contributed by atoms with Crippen molar-refractivity contribution in [1.29, 1.82) is 0 Å². The molecule has 0 heterocycles. The van der Waals surface area contributed by atoms with E-state index in [-0.39, 0.29) is 0 Å². The van der Waals surface area contributed by atoms with Crippen LogP contribution < -0.4 is 15.6 Å². The molecule has 0 aliphatic heterocycles. The molecule has 0 unspecified atom stereocenters. The molecule has 0 amide bonds. The van der Waals surface area contributed by atoms with Crippen molar-refractivity contribution in [2.24, 2.45) is 0 Å². The van der Waals surface area contributed by atoms with Crippen LogP contribution >= 0.6 is 34.8 Å². The van der Waals surface area contributed by atoms with E-state index in [1.165, 1.54) is 32.1 Å². The number of halogens is 3. The van der Waals surface area contributed by atoms with Crippen molar-refractivity contribution in [3.8, 4) is 0 Å². The minimum atomic E-state index is -2.74. The van der Waals surface area contributed by atoms with Gasteiger partial charge in [0.25, 0.3) is 8.32 Å². The van der Waals surface area contributed by atoms with Crippen molar-refractivity contribution in [2.75, 3.05) is 6.61 Å². The molecule has 0 saturated carbocycles. The molecule has 0 spiro atoms. The smallest absolute Gasteiger partial charge is 0.288 e. The highest BCUT2D eigenvalue weighted by Gasteiger charge is 2.42. The number of benzene rings is 3. The summed E-state index contributed by atoms with van der Waals surface area (Å²) in [6.07, 6.45) is 7.36. The molecule has 31 heavy (non-hydrogen) atoms. The summed E-state index contributed by atoms with van der Waals surface area (Å²) in [5.41, 5.74) is 0. The van der Waals surface area contributed by atoms with E-state index in [1.807, 2.05) is 36.4 Å². The Bertz CT molecular complexity index is 813. The predicted molar refractivity (Wildman–Crippen MR) is 138 cm³/mol. The molecule has 164 valence electrons. The van der Waals surface area contributed by atoms with Crippen LogP contribution in [0, 0.1) is 0 Å².